The first-order valence-electron chi connectivity index (χ1n) is 8.15. The van der Waals surface area contributed by atoms with Gasteiger partial charge in [-0.05, 0) is 40.4 Å². The van der Waals surface area contributed by atoms with Crippen LogP contribution in [0, 0.1) is 13.8 Å². The van der Waals surface area contributed by atoms with E-state index in [1.165, 1.54) is 4.90 Å². The summed E-state index contributed by atoms with van der Waals surface area (Å²) < 4.78 is 1.59. The van der Waals surface area contributed by atoms with E-state index in [9.17, 15) is 14.7 Å². The van der Waals surface area contributed by atoms with Crippen molar-refractivity contribution in [2.75, 3.05) is 20.6 Å². The third kappa shape index (κ3) is 3.32. The van der Waals surface area contributed by atoms with Gasteiger partial charge in [-0.25, -0.2) is 14.3 Å². The summed E-state index contributed by atoms with van der Waals surface area (Å²) >= 11 is 0. The molecular weight excluding hydrogens is 324 g/mol. The van der Waals surface area contributed by atoms with Crippen molar-refractivity contribution in [1.29, 1.82) is 0 Å². The quantitative estimate of drug-likeness (QED) is 0.824. The lowest BCUT2D eigenvalue weighted by molar-refractivity contribution is -0.148. The minimum Gasteiger partial charge on any atom is -0.480 e. The van der Waals surface area contributed by atoms with Gasteiger partial charge in [0.1, 0.15) is 6.04 Å². The molecule has 0 saturated carbocycles. The average molecular weight is 346 g/mol. The number of aliphatic carboxylic acids is 1. The van der Waals surface area contributed by atoms with E-state index in [1.807, 2.05) is 38.9 Å². The fourth-order valence-electron chi connectivity index (χ4n) is 3.22. The molecule has 134 valence electrons. The maximum atomic E-state index is 12.7. The van der Waals surface area contributed by atoms with E-state index in [-0.39, 0.29) is 18.4 Å². The molecule has 2 aromatic heterocycles. The number of rotatable bonds is 4. The van der Waals surface area contributed by atoms with Gasteiger partial charge in [-0.3, -0.25) is 4.79 Å². The Morgan fingerprint density at radius 3 is 2.68 bits per heavy atom. The number of likely N-dealkylation sites (N-methyl/N-ethyl adjacent to an activating group) is 1. The molecule has 25 heavy (non-hydrogen) atoms. The highest BCUT2D eigenvalue weighted by atomic mass is 16.4. The van der Waals surface area contributed by atoms with Gasteiger partial charge in [0.15, 0.2) is 5.82 Å². The van der Waals surface area contributed by atoms with Crippen LogP contribution in [0.3, 0.4) is 0 Å². The van der Waals surface area contributed by atoms with Gasteiger partial charge >= 0.3 is 5.97 Å². The second-order valence-corrected chi connectivity index (χ2v) is 6.71. The molecule has 1 fully saturated rings. The van der Waals surface area contributed by atoms with Crippen molar-refractivity contribution in [2.45, 2.75) is 38.8 Å². The van der Waals surface area contributed by atoms with Crippen LogP contribution in [0.25, 0.3) is 5.78 Å². The number of hydrogen-bond acceptors (Lipinski definition) is 6. The van der Waals surface area contributed by atoms with E-state index >= 15 is 0 Å². The van der Waals surface area contributed by atoms with E-state index in [0.29, 0.717) is 24.6 Å². The maximum Gasteiger partial charge on any atom is 0.326 e. The number of carboxylic acids is 1. The van der Waals surface area contributed by atoms with Crippen molar-refractivity contribution in [1.82, 2.24) is 29.4 Å². The van der Waals surface area contributed by atoms with Gasteiger partial charge in [0.2, 0.25) is 5.91 Å². The molecule has 9 nitrogen and oxygen atoms in total. The molecule has 0 aromatic carbocycles. The summed E-state index contributed by atoms with van der Waals surface area (Å²) in [6.45, 7) is 4.16. The molecule has 3 heterocycles. The zero-order valence-electron chi connectivity index (χ0n) is 14.8. The standard InChI is InChI=1S/C16H22N6O3/c1-9-5-10(2)22-16(17-9)18-13(19-22)7-14(23)21-8-11(20(3)4)6-12(21)15(24)25/h5,11-12H,6-8H2,1-4H3,(H,24,25)/t11-,12+/m1/s1. The molecular formula is C16H22N6O3. The van der Waals surface area contributed by atoms with Crippen molar-refractivity contribution in [2.24, 2.45) is 0 Å². The molecule has 1 aliphatic heterocycles. The minimum atomic E-state index is -0.978. The second-order valence-electron chi connectivity index (χ2n) is 6.71. The minimum absolute atomic E-state index is 0.0330. The van der Waals surface area contributed by atoms with Crippen LogP contribution in [0.4, 0.5) is 0 Å². The molecule has 1 amide bonds. The largest absolute Gasteiger partial charge is 0.480 e. The van der Waals surface area contributed by atoms with Crippen molar-refractivity contribution >= 4 is 17.7 Å². The Balaban J connectivity index is 1.81. The highest BCUT2D eigenvalue weighted by Gasteiger charge is 2.40. The average Bonchev–Trinajstić information content (AvgIpc) is 3.11. The zero-order chi connectivity index (χ0) is 18.3. The van der Waals surface area contributed by atoms with E-state index in [1.54, 1.807) is 4.52 Å². The van der Waals surface area contributed by atoms with E-state index in [4.69, 9.17) is 0 Å². The van der Waals surface area contributed by atoms with Crippen molar-refractivity contribution in [3.8, 4) is 0 Å². The summed E-state index contributed by atoms with van der Waals surface area (Å²) in [5.41, 5.74) is 1.71. The number of carbonyl (C=O) groups excluding carboxylic acids is 1. The van der Waals surface area contributed by atoms with Crippen LogP contribution < -0.4 is 0 Å². The van der Waals surface area contributed by atoms with Crippen LogP contribution >= 0.6 is 0 Å². The fraction of sp³-hybridized carbons (Fsp3) is 0.562. The third-order valence-corrected chi connectivity index (χ3v) is 4.59. The molecule has 9 heteroatoms. The number of fused-ring (bicyclic) bond motifs is 1. The van der Waals surface area contributed by atoms with E-state index in [2.05, 4.69) is 15.1 Å². The van der Waals surface area contributed by atoms with Gasteiger partial charge < -0.3 is 14.9 Å². The molecule has 0 spiro atoms. The molecule has 1 N–H and O–H groups in total. The summed E-state index contributed by atoms with van der Waals surface area (Å²) in [7, 11) is 3.77. The Morgan fingerprint density at radius 1 is 1.32 bits per heavy atom. The Kier molecular flexibility index (Phi) is 4.42. The predicted molar refractivity (Wildman–Crippen MR) is 89.2 cm³/mol. The first-order valence-corrected chi connectivity index (χ1v) is 8.15. The Morgan fingerprint density at radius 2 is 2.04 bits per heavy atom. The molecule has 0 radical (unpaired) electrons. The van der Waals surface area contributed by atoms with Crippen molar-refractivity contribution in [3.63, 3.8) is 0 Å². The number of hydrogen-bond donors (Lipinski definition) is 1. The predicted octanol–water partition coefficient (Wildman–Crippen LogP) is -0.101. The van der Waals surface area contributed by atoms with Gasteiger partial charge in [-0.1, -0.05) is 0 Å². The molecule has 0 bridgehead atoms. The van der Waals surface area contributed by atoms with Crippen LogP contribution in [0.2, 0.25) is 0 Å². The summed E-state index contributed by atoms with van der Waals surface area (Å²) in [4.78, 5) is 36.1. The lowest BCUT2D eigenvalue weighted by Gasteiger charge is -2.21. The van der Waals surface area contributed by atoms with Crippen molar-refractivity contribution < 1.29 is 14.7 Å². The Hall–Kier alpha value is -2.55. The highest BCUT2D eigenvalue weighted by molar-refractivity contribution is 5.85. The molecule has 2 aromatic rings. The third-order valence-electron chi connectivity index (χ3n) is 4.59. The summed E-state index contributed by atoms with van der Waals surface area (Å²) in [6, 6.07) is 1.11. The summed E-state index contributed by atoms with van der Waals surface area (Å²) in [5.74, 6) is -0.456. The normalized spacial score (nSPS) is 20.6. The number of likely N-dealkylation sites (tertiary alicyclic amines) is 1. The molecule has 3 rings (SSSR count). The smallest absolute Gasteiger partial charge is 0.326 e. The molecule has 2 atom stereocenters. The van der Waals surface area contributed by atoms with Gasteiger partial charge in [0.05, 0.1) is 6.42 Å². The molecule has 0 aliphatic carbocycles. The number of aromatic nitrogens is 4. The number of carboxylic acid groups (broad SMARTS) is 1. The number of carbonyl (C=O) groups is 2. The SMILES string of the molecule is Cc1cc(C)n2nc(CC(=O)N3C[C@H](N(C)C)C[C@H]3C(=O)O)nc2n1. The van der Waals surface area contributed by atoms with Crippen LogP contribution in [-0.4, -0.2) is 79.1 Å². The van der Waals surface area contributed by atoms with Crippen LogP contribution in [-0.2, 0) is 16.0 Å². The second kappa shape index (κ2) is 6.40. The van der Waals surface area contributed by atoms with Crippen molar-refractivity contribution in [3.05, 3.63) is 23.3 Å². The zero-order valence-corrected chi connectivity index (χ0v) is 14.8. The number of aryl methyl sites for hydroxylation is 2. The first-order chi connectivity index (χ1) is 11.8. The maximum absolute atomic E-state index is 12.7. The van der Waals surface area contributed by atoms with Gasteiger partial charge in [0.25, 0.3) is 5.78 Å². The Bertz CT molecular complexity index is 831. The molecule has 1 aliphatic rings. The van der Waals surface area contributed by atoms with Crippen LogP contribution in [0.5, 0.6) is 0 Å². The lowest BCUT2D eigenvalue weighted by atomic mass is 10.1. The molecule has 0 unspecified atom stereocenters. The van der Waals surface area contributed by atoms with Gasteiger partial charge in [-0.15, -0.1) is 5.10 Å². The number of amides is 1. The van der Waals surface area contributed by atoms with E-state index < -0.39 is 12.0 Å². The van der Waals surface area contributed by atoms with Crippen LogP contribution in [0.15, 0.2) is 6.07 Å². The van der Waals surface area contributed by atoms with Gasteiger partial charge in [0, 0.05) is 24.0 Å². The van der Waals surface area contributed by atoms with Crippen LogP contribution in [0.1, 0.15) is 23.6 Å². The summed E-state index contributed by atoms with van der Waals surface area (Å²) in [5, 5.41) is 13.7. The Labute approximate surface area is 145 Å². The lowest BCUT2D eigenvalue weighted by Crippen LogP contribution is -2.41. The fourth-order valence-corrected chi connectivity index (χ4v) is 3.22. The van der Waals surface area contributed by atoms with Gasteiger partial charge in [-0.2, -0.15) is 4.98 Å². The number of nitrogens with zero attached hydrogens (tertiary/aromatic N) is 6. The van der Waals surface area contributed by atoms with E-state index in [0.717, 1.165) is 11.4 Å². The molecule has 1 saturated heterocycles. The first kappa shape index (κ1) is 17.3. The monoisotopic (exact) mass is 346 g/mol. The highest BCUT2D eigenvalue weighted by Crippen LogP contribution is 2.22. The topological polar surface area (TPSA) is 104 Å². The summed E-state index contributed by atoms with van der Waals surface area (Å²) in [6.07, 6.45) is 0.387.